The second kappa shape index (κ2) is 8.68. The third-order valence-electron chi connectivity index (χ3n) is 6.61. The van der Waals surface area contributed by atoms with Crippen molar-refractivity contribution in [3.05, 3.63) is 112 Å². The number of halogens is 1. The third-order valence-corrected chi connectivity index (χ3v) is 6.85. The molecule has 0 radical (unpaired) electrons. The number of hydrogen-bond acceptors (Lipinski definition) is 4. The third kappa shape index (κ3) is 3.99. The van der Waals surface area contributed by atoms with Gasteiger partial charge in [-0.25, -0.2) is 0 Å². The second-order valence-electron chi connectivity index (χ2n) is 10.1. The van der Waals surface area contributed by atoms with Crippen LogP contribution in [-0.4, -0.2) is 16.8 Å². The maximum absolute atomic E-state index is 13.8. The van der Waals surface area contributed by atoms with Crippen LogP contribution in [0.4, 0.5) is 5.69 Å². The number of amides is 1. The van der Waals surface area contributed by atoms with E-state index in [2.05, 4.69) is 20.8 Å². The number of carbonyl (C=O) groups excluding carboxylic acids is 2. The summed E-state index contributed by atoms with van der Waals surface area (Å²) >= 11 is 6.17. The number of nitrogens with zero attached hydrogens (tertiary/aromatic N) is 1. The molecule has 0 saturated carbocycles. The number of para-hydroxylation sites is 1. The number of fused-ring (bicyclic) bond motifs is 1. The number of anilines is 1. The highest BCUT2D eigenvalue weighted by molar-refractivity contribution is 6.30. The Labute approximate surface area is 214 Å². The van der Waals surface area contributed by atoms with Crippen LogP contribution in [0.5, 0.6) is 0 Å². The van der Waals surface area contributed by atoms with Crippen molar-refractivity contribution in [3.63, 3.8) is 0 Å². The van der Waals surface area contributed by atoms with Gasteiger partial charge < -0.3 is 9.52 Å². The van der Waals surface area contributed by atoms with Gasteiger partial charge in [0.05, 0.1) is 11.6 Å². The number of aliphatic hydroxyl groups is 1. The van der Waals surface area contributed by atoms with Crippen LogP contribution in [0.15, 0.2) is 88.5 Å². The number of Topliss-reactive ketones (excluding diaryl/α,β-unsaturated/α-hetero) is 1. The molecule has 2 heterocycles. The van der Waals surface area contributed by atoms with Crippen molar-refractivity contribution in [1.82, 2.24) is 0 Å². The van der Waals surface area contributed by atoms with Gasteiger partial charge in [-0.3, -0.25) is 14.5 Å². The molecule has 182 valence electrons. The summed E-state index contributed by atoms with van der Waals surface area (Å²) in [6, 6.07) is 21.0. The van der Waals surface area contributed by atoms with E-state index in [1.165, 1.54) is 4.90 Å². The highest BCUT2D eigenvalue weighted by Gasteiger charge is 2.45. The van der Waals surface area contributed by atoms with E-state index in [1.807, 2.05) is 49.4 Å². The summed E-state index contributed by atoms with van der Waals surface area (Å²) in [6.45, 7) is 8.19. The molecule has 36 heavy (non-hydrogen) atoms. The lowest BCUT2D eigenvalue weighted by atomic mass is 9.85. The fourth-order valence-corrected chi connectivity index (χ4v) is 4.91. The van der Waals surface area contributed by atoms with E-state index in [1.54, 1.807) is 30.3 Å². The molecule has 1 aliphatic heterocycles. The molecule has 0 bridgehead atoms. The number of rotatable bonds is 4. The molecular formula is C30H26ClNO4. The molecule has 4 aromatic rings. The van der Waals surface area contributed by atoms with Gasteiger partial charge in [0.15, 0.2) is 11.5 Å². The number of ketones is 1. The van der Waals surface area contributed by atoms with Crippen molar-refractivity contribution in [2.24, 2.45) is 0 Å². The monoisotopic (exact) mass is 499 g/mol. The van der Waals surface area contributed by atoms with Crippen LogP contribution in [0.25, 0.3) is 11.0 Å². The highest BCUT2D eigenvalue weighted by atomic mass is 35.5. The van der Waals surface area contributed by atoms with Crippen molar-refractivity contribution in [1.29, 1.82) is 0 Å². The minimum atomic E-state index is -0.841. The summed E-state index contributed by atoms with van der Waals surface area (Å²) in [5, 5.41) is 12.4. The minimum absolute atomic E-state index is 0.0167. The number of furan rings is 1. The summed E-state index contributed by atoms with van der Waals surface area (Å²) in [5.41, 5.74) is 3.60. The Hall–Kier alpha value is -3.83. The first-order valence-corrected chi connectivity index (χ1v) is 12.1. The van der Waals surface area contributed by atoms with Gasteiger partial charge in [0.25, 0.3) is 5.91 Å². The van der Waals surface area contributed by atoms with E-state index >= 15 is 0 Å². The van der Waals surface area contributed by atoms with Crippen LogP contribution in [0.1, 0.15) is 54.1 Å². The Balaban J connectivity index is 1.67. The molecule has 5 rings (SSSR count). The fraction of sp³-hybridized carbons (Fsp3) is 0.200. The van der Waals surface area contributed by atoms with E-state index in [0.717, 1.165) is 16.5 Å². The van der Waals surface area contributed by atoms with Crippen LogP contribution in [-0.2, 0) is 10.2 Å². The van der Waals surface area contributed by atoms with Crippen molar-refractivity contribution in [2.45, 2.75) is 39.2 Å². The molecule has 5 nitrogen and oxygen atoms in total. The van der Waals surface area contributed by atoms with Crippen LogP contribution in [0.2, 0.25) is 5.02 Å². The topological polar surface area (TPSA) is 70.8 Å². The second-order valence-corrected chi connectivity index (χ2v) is 10.6. The first kappa shape index (κ1) is 23.9. The summed E-state index contributed by atoms with van der Waals surface area (Å²) in [6.07, 6.45) is 0. The van der Waals surface area contributed by atoms with Crippen LogP contribution < -0.4 is 4.90 Å². The van der Waals surface area contributed by atoms with Gasteiger partial charge in [-0.15, -0.1) is 0 Å². The molecule has 3 aromatic carbocycles. The van der Waals surface area contributed by atoms with Crippen LogP contribution >= 0.6 is 11.6 Å². The summed E-state index contributed by atoms with van der Waals surface area (Å²) in [4.78, 5) is 28.7. The Bertz CT molecular complexity index is 1510. The zero-order valence-corrected chi connectivity index (χ0v) is 21.3. The lowest BCUT2D eigenvalue weighted by Gasteiger charge is -2.29. The van der Waals surface area contributed by atoms with E-state index in [9.17, 15) is 14.7 Å². The van der Waals surface area contributed by atoms with E-state index in [4.69, 9.17) is 16.0 Å². The number of benzene rings is 3. The number of aliphatic hydroxyl groups excluding tert-OH is 1. The number of hydrogen-bond donors (Lipinski definition) is 1. The predicted molar refractivity (Wildman–Crippen MR) is 142 cm³/mol. The Kier molecular flexibility index (Phi) is 5.76. The molecule has 1 aromatic heterocycles. The summed E-state index contributed by atoms with van der Waals surface area (Å²) < 4.78 is 5.81. The quantitative estimate of drug-likeness (QED) is 0.295. The van der Waals surface area contributed by atoms with E-state index in [0.29, 0.717) is 21.9 Å². The standard InChI is InChI=1S/C30H26ClNO4/c1-17-15-21(31)13-14-22(17)32-26(18-9-11-20(12-10-18)30(2,3)4)25(28(34)29(32)35)27(33)24-16-19-7-5-6-8-23(19)36-24/h5-16,26,34H,1-4H3. The largest absolute Gasteiger partial charge is 0.503 e. The van der Waals surface area contributed by atoms with E-state index < -0.39 is 23.5 Å². The lowest BCUT2D eigenvalue weighted by Crippen LogP contribution is -2.31. The smallest absolute Gasteiger partial charge is 0.294 e. The Morgan fingerprint density at radius 2 is 1.69 bits per heavy atom. The Morgan fingerprint density at radius 3 is 2.33 bits per heavy atom. The molecule has 6 heteroatoms. The highest BCUT2D eigenvalue weighted by Crippen LogP contribution is 2.44. The first-order chi connectivity index (χ1) is 17.1. The Morgan fingerprint density at radius 1 is 1.00 bits per heavy atom. The normalized spacial score (nSPS) is 16.3. The van der Waals surface area contributed by atoms with Crippen LogP contribution in [0.3, 0.4) is 0 Å². The van der Waals surface area contributed by atoms with Gasteiger partial charge in [-0.1, -0.05) is 74.8 Å². The number of aryl methyl sites for hydroxylation is 1. The first-order valence-electron chi connectivity index (χ1n) is 11.7. The van der Waals surface area contributed by atoms with Gasteiger partial charge in [0.2, 0.25) is 5.78 Å². The van der Waals surface area contributed by atoms with Gasteiger partial charge in [-0.05, 0) is 59.4 Å². The zero-order valence-electron chi connectivity index (χ0n) is 20.5. The predicted octanol–water partition coefficient (Wildman–Crippen LogP) is 7.48. The lowest BCUT2D eigenvalue weighted by molar-refractivity contribution is -0.117. The zero-order chi connectivity index (χ0) is 25.8. The van der Waals surface area contributed by atoms with Crippen molar-refractivity contribution in [3.8, 4) is 0 Å². The fourth-order valence-electron chi connectivity index (χ4n) is 4.68. The molecule has 1 unspecified atom stereocenters. The molecule has 0 aliphatic carbocycles. The van der Waals surface area contributed by atoms with Gasteiger partial charge in [-0.2, -0.15) is 0 Å². The molecule has 0 fully saturated rings. The molecule has 1 amide bonds. The molecule has 0 spiro atoms. The van der Waals surface area contributed by atoms with Gasteiger partial charge in [0.1, 0.15) is 5.58 Å². The van der Waals surface area contributed by atoms with Gasteiger partial charge >= 0.3 is 0 Å². The maximum Gasteiger partial charge on any atom is 0.294 e. The average molecular weight is 500 g/mol. The molecule has 1 atom stereocenters. The molecule has 1 N–H and O–H groups in total. The van der Waals surface area contributed by atoms with E-state index in [-0.39, 0.29) is 16.7 Å². The van der Waals surface area contributed by atoms with Crippen molar-refractivity contribution < 1.29 is 19.1 Å². The molecule has 0 saturated heterocycles. The maximum atomic E-state index is 13.8. The summed E-state index contributed by atoms with van der Waals surface area (Å²) in [7, 11) is 0. The average Bonchev–Trinajstić information content (AvgIpc) is 3.38. The molecular weight excluding hydrogens is 474 g/mol. The SMILES string of the molecule is Cc1cc(Cl)ccc1N1C(=O)C(O)=C(C(=O)c2cc3ccccc3o2)C1c1ccc(C(C)(C)C)cc1. The van der Waals surface area contributed by atoms with Crippen LogP contribution in [0, 0.1) is 6.92 Å². The molecule has 1 aliphatic rings. The number of carbonyl (C=O) groups is 2. The van der Waals surface area contributed by atoms with Crippen molar-refractivity contribution in [2.75, 3.05) is 4.90 Å². The minimum Gasteiger partial charge on any atom is -0.503 e. The van der Waals surface area contributed by atoms with Gasteiger partial charge in [0, 0.05) is 16.1 Å². The van der Waals surface area contributed by atoms with Crippen molar-refractivity contribution >= 4 is 39.9 Å². The summed E-state index contributed by atoms with van der Waals surface area (Å²) in [5.74, 6) is -1.70.